The van der Waals surface area contributed by atoms with Crippen LogP contribution in [0.3, 0.4) is 0 Å². The van der Waals surface area contributed by atoms with Gasteiger partial charge >= 0.3 is 0 Å². The molecule has 0 amide bonds. The fourth-order valence-electron chi connectivity index (χ4n) is 3.87. The molecule has 0 saturated heterocycles. The summed E-state index contributed by atoms with van der Waals surface area (Å²) in [5, 5.41) is 8.23. The first-order chi connectivity index (χ1) is 12.0. The monoisotopic (exact) mass is 359 g/mol. The van der Waals surface area contributed by atoms with Crippen LogP contribution >= 0.6 is 11.6 Å². The minimum absolute atomic E-state index is 0.100. The van der Waals surface area contributed by atoms with Crippen molar-refractivity contribution < 1.29 is 4.79 Å². The Morgan fingerprint density at radius 3 is 2.84 bits per heavy atom. The van der Waals surface area contributed by atoms with Gasteiger partial charge in [0, 0.05) is 42.9 Å². The molecule has 0 spiro atoms. The van der Waals surface area contributed by atoms with Crippen molar-refractivity contribution in [1.29, 1.82) is 0 Å². The van der Waals surface area contributed by atoms with Crippen LogP contribution in [0.25, 0.3) is 11.3 Å². The quantitative estimate of drug-likeness (QED) is 0.879. The van der Waals surface area contributed by atoms with Crippen LogP contribution < -0.4 is 11.1 Å². The maximum atomic E-state index is 12.4. The second-order valence-electron chi connectivity index (χ2n) is 7.00. The van der Waals surface area contributed by atoms with Gasteiger partial charge in [-0.1, -0.05) is 24.4 Å². The summed E-state index contributed by atoms with van der Waals surface area (Å²) < 4.78 is 1.71. The van der Waals surface area contributed by atoms with E-state index < -0.39 is 0 Å². The summed E-state index contributed by atoms with van der Waals surface area (Å²) >= 11 is 6.61. The summed E-state index contributed by atoms with van der Waals surface area (Å²) in [6, 6.07) is 0.263. The number of aromatic nitrogens is 3. The van der Waals surface area contributed by atoms with E-state index in [2.05, 4.69) is 10.4 Å². The van der Waals surface area contributed by atoms with Gasteiger partial charge in [0.25, 0.3) is 0 Å². The van der Waals surface area contributed by atoms with Gasteiger partial charge in [-0.3, -0.25) is 9.48 Å². The second kappa shape index (κ2) is 6.42. The number of halogens is 1. The molecule has 2 unspecified atom stereocenters. The van der Waals surface area contributed by atoms with Crippen LogP contribution in [0.1, 0.15) is 48.0 Å². The van der Waals surface area contributed by atoms with Gasteiger partial charge in [-0.25, -0.2) is 4.98 Å². The molecule has 0 aliphatic heterocycles. The van der Waals surface area contributed by atoms with Gasteiger partial charge in [-0.15, -0.1) is 0 Å². The number of hydrogen-bond donors (Lipinski definition) is 2. The van der Waals surface area contributed by atoms with Crippen molar-refractivity contribution in [2.45, 2.75) is 50.6 Å². The number of carbonyl (C=O) groups excluding carboxylic acids is 1. The molecule has 132 valence electrons. The summed E-state index contributed by atoms with van der Waals surface area (Å²) in [5.41, 5.74) is 9.31. The number of ketones is 1. The minimum atomic E-state index is 0.100. The van der Waals surface area contributed by atoms with Crippen molar-refractivity contribution >= 4 is 23.2 Å². The molecule has 2 heterocycles. The van der Waals surface area contributed by atoms with E-state index in [4.69, 9.17) is 22.3 Å². The van der Waals surface area contributed by atoms with Gasteiger partial charge in [0.15, 0.2) is 5.78 Å². The van der Waals surface area contributed by atoms with Crippen molar-refractivity contribution in [2.24, 2.45) is 12.8 Å². The highest BCUT2D eigenvalue weighted by molar-refractivity contribution is 6.34. The Bertz CT molecular complexity index is 831. The van der Waals surface area contributed by atoms with Gasteiger partial charge in [-0.05, 0) is 24.8 Å². The number of aryl methyl sites for hydroxylation is 1. The zero-order valence-corrected chi connectivity index (χ0v) is 15.0. The molecule has 4 rings (SSSR count). The van der Waals surface area contributed by atoms with Crippen LogP contribution in [0.2, 0.25) is 5.02 Å². The molecule has 25 heavy (non-hydrogen) atoms. The SMILES string of the molecule is Cn1cc(-c2nc(NC3CCCCC3N)c(Cl)c3c2C(=O)CC3)cn1. The lowest BCUT2D eigenvalue weighted by Crippen LogP contribution is -2.42. The number of Topliss-reactive ketones (excluding diaryl/α,β-unsaturated/α-hetero) is 1. The van der Waals surface area contributed by atoms with E-state index in [1.807, 2.05) is 13.2 Å². The highest BCUT2D eigenvalue weighted by Crippen LogP contribution is 2.39. The van der Waals surface area contributed by atoms with Crippen LogP contribution in [-0.4, -0.2) is 32.6 Å². The molecule has 1 fully saturated rings. The highest BCUT2D eigenvalue weighted by Gasteiger charge is 2.31. The van der Waals surface area contributed by atoms with E-state index in [1.54, 1.807) is 10.9 Å². The molecule has 2 atom stereocenters. The Balaban J connectivity index is 1.79. The summed E-state index contributed by atoms with van der Waals surface area (Å²) in [7, 11) is 1.85. The van der Waals surface area contributed by atoms with E-state index in [0.717, 1.165) is 30.4 Å². The van der Waals surface area contributed by atoms with Crippen molar-refractivity contribution in [3.05, 3.63) is 28.5 Å². The van der Waals surface area contributed by atoms with Gasteiger partial charge in [-0.2, -0.15) is 5.10 Å². The summed E-state index contributed by atoms with van der Waals surface area (Å²) in [5.74, 6) is 0.737. The Morgan fingerprint density at radius 1 is 1.32 bits per heavy atom. The van der Waals surface area contributed by atoms with E-state index in [0.29, 0.717) is 34.9 Å². The first-order valence-corrected chi connectivity index (χ1v) is 9.19. The lowest BCUT2D eigenvalue weighted by molar-refractivity contribution is 0.0995. The second-order valence-corrected chi connectivity index (χ2v) is 7.38. The molecule has 0 aromatic carbocycles. The third kappa shape index (κ3) is 2.93. The standard InChI is InChI=1S/C18H22ClN5O/c1-24-9-10(8-21-24)17-15-11(6-7-14(15)25)16(19)18(23-17)22-13-5-3-2-4-12(13)20/h8-9,12-13H,2-7,20H2,1H3,(H,22,23). The third-order valence-corrected chi connectivity index (χ3v) is 5.64. The van der Waals surface area contributed by atoms with Gasteiger partial charge in [0.1, 0.15) is 5.82 Å². The molecule has 2 aromatic rings. The number of pyridine rings is 1. The smallest absolute Gasteiger partial charge is 0.165 e. The van der Waals surface area contributed by atoms with Crippen LogP contribution in [0.15, 0.2) is 12.4 Å². The van der Waals surface area contributed by atoms with Crippen molar-refractivity contribution in [3.8, 4) is 11.3 Å². The maximum Gasteiger partial charge on any atom is 0.165 e. The molecule has 2 aliphatic rings. The van der Waals surface area contributed by atoms with E-state index >= 15 is 0 Å². The lowest BCUT2D eigenvalue weighted by Gasteiger charge is -2.30. The van der Waals surface area contributed by atoms with Crippen LogP contribution in [0, 0.1) is 0 Å². The molecule has 2 aliphatic carbocycles. The number of nitrogens with zero attached hydrogens (tertiary/aromatic N) is 3. The summed E-state index contributed by atoms with van der Waals surface area (Å²) in [6.45, 7) is 0. The number of hydrogen-bond acceptors (Lipinski definition) is 5. The predicted molar refractivity (Wildman–Crippen MR) is 98.0 cm³/mol. The molecule has 3 N–H and O–H groups in total. The van der Waals surface area contributed by atoms with Gasteiger partial charge in [0.2, 0.25) is 0 Å². The molecule has 2 aromatic heterocycles. The number of anilines is 1. The molecule has 0 radical (unpaired) electrons. The number of fused-ring (bicyclic) bond motifs is 1. The Labute approximate surface area is 151 Å². The van der Waals surface area contributed by atoms with Crippen molar-refractivity contribution in [1.82, 2.24) is 14.8 Å². The van der Waals surface area contributed by atoms with Crippen molar-refractivity contribution in [3.63, 3.8) is 0 Å². The Morgan fingerprint density at radius 2 is 2.12 bits per heavy atom. The molecular formula is C18H22ClN5O. The average molecular weight is 360 g/mol. The average Bonchev–Trinajstić information content (AvgIpc) is 3.19. The number of rotatable bonds is 3. The molecule has 6 nitrogen and oxygen atoms in total. The predicted octanol–water partition coefficient (Wildman–Crippen LogP) is 2.95. The molecule has 7 heteroatoms. The van der Waals surface area contributed by atoms with Crippen molar-refractivity contribution in [2.75, 3.05) is 5.32 Å². The number of nitrogens with one attached hydrogen (secondary N) is 1. The third-order valence-electron chi connectivity index (χ3n) is 5.24. The highest BCUT2D eigenvalue weighted by atomic mass is 35.5. The first kappa shape index (κ1) is 16.5. The molecule has 0 bridgehead atoms. The summed E-state index contributed by atoms with van der Waals surface area (Å²) in [4.78, 5) is 17.1. The molecular weight excluding hydrogens is 338 g/mol. The van der Waals surface area contributed by atoms with Gasteiger partial charge < -0.3 is 11.1 Å². The number of nitrogens with two attached hydrogens (primary N) is 1. The number of carbonyl (C=O) groups is 1. The largest absolute Gasteiger partial charge is 0.365 e. The topological polar surface area (TPSA) is 85.8 Å². The molecule has 1 saturated carbocycles. The fourth-order valence-corrected chi connectivity index (χ4v) is 4.16. The van der Waals surface area contributed by atoms with E-state index in [9.17, 15) is 4.79 Å². The fraction of sp³-hybridized carbons (Fsp3) is 0.500. The normalized spacial score (nSPS) is 22.9. The minimum Gasteiger partial charge on any atom is -0.365 e. The first-order valence-electron chi connectivity index (χ1n) is 8.81. The van der Waals surface area contributed by atoms with Crippen LogP contribution in [0.4, 0.5) is 5.82 Å². The summed E-state index contributed by atoms with van der Waals surface area (Å²) in [6.07, 6.45) is 9.09. The van der Waals surface area contributed by atoms with Crippen LogP contribution in [-0.2, 0) is 13.5 Å². The van der Waals surface area contributed by atoms with Gasteiger partial charge in [0.05, 0.1) is 16.9 Å². The zero-order valence-electron chi connectivity index (χ0n) is 14.3. The van der Waals surface area contributed by atoms with Crippen LogP contribution in [0.5, 0.6) is 0 Å². The zero-order chi connectivity index (χ0) is 17.6. The Kier molecular flexibility index (Phi) is 4.25. The lowest BCUT2D eigenvalue weighted by atomic mass is 9.91. The van der Waals surface area contributed by atoms with E-state index in [-0.39, 0.29) is 17.9 Å². The Hall–Kier alpha value is -1.92. The van der Waals surface area contributed by atoms with E-state index in [1.165, 1.54) is 6.42 Å². The maximum absolute atomic E-state index is 12.4.